The van der Waals surface area contributed by atoms with Crippen molar-refractivity contribution in [3.8, 4) is 0 Å². The van der Waals surface area contributed by atoms with Crippen LogP contribution in [0.2, 0.25) is 0 Å². The summed E-state index contributed by atoms with van der Waals surface area (Å²) in [5.41, 5.74) is 1.32. The molecule has 0 radical (unpaired) electrons. The van der Waals surface area contributed by atoms with E-state index in [1.165, 1.54) is 5.56 Å². The molecule has 0 N–H and O–H groups in total. The van der Waals surface area contributed by atoms with Crippen molar-refractivity contribution in [1.29, 1.82) is 0 Å². The number of amides is 1. The third kappa shape index (κ3) is 3.86. The molecule has 1 aliphatic heterocycles. The number of carbonyl (C=O) groups is 1. The van der Waals surface area contributed by atoms with Crippen molar-refractivity contribution in [3.63, 3.8) is 0 Å². The second-order valence-electron chi connectivity index (χ2n) is 5.03. The lowest BCUT2D eigenvalue weighted by molar-refractivity contribution is -0.0000149. The summed E-state index contributed by atoms with van der Waals surface area (Å²) in [5.74, 6) is 0.427. The molecule has 2 aromatic rings. The second-order valence-corrected chi connectivity index (χ2v) is 5.03. The van der Waals surface area contributed by atoms with Crippen LogP contribution >= 0.6 is 0 Å². The smallest absolute Gasteiger partial charge is 0.289 e. The molecule has 2 heterocycles. The number of halogens is 1. The first-order valence-corrected chi connectivity index (χ1v) is 6.92. The van der Waals surface area contributed by atoms with Crippen molar-refractivity contribution in [2.75, 3.05) is 26.2 Å². The van der Waals surface area contributed by atoms with Crippen molar-refractivity contribution >= 4 is 5.91 Å². The maximum atomic E-state index is 12.1. The molecule has 1 aromatic heterocycles. The van der Waals surface area contributed by atoms with Gasteiger partial charge in [0.2, 0.25) is 0 Å². The SMILES string of the molecule is O=C(c1ccco1)N1CCN(Cc2ccccc2)CC1.[Cl-]. The zero-order valence-corrected chi connectivity index (χ0v) is 12.5. The number of rotatable bonds is 3. The fourth-order valence-corrected chi connectivity index (χ4v) is 2.51. The summed E-state index contributed by atoms with van der Waals surface area (Å²) in [6, 6.07) is 13.9. The van der Waals surface area contributed by atoms with E-state index in [1.807, 2.05) is 11.0 Å². The first-order chi connectivity index (χ1) is 9.83. The van der Waals surface area contributed by atoms with Gasteiger partial charge in [-0.05, 0) is 17.7 Å². The minimum absolute atomic E-state index is 0. The fourth-order valence-electron chi connectivity index (χ4n) is 2.51. The van der Waals surface area contributed by atoms with E-state index in [2.05, 4.69) is 29.2 Å². The lowest BCUT2D eigenvalue weighted by Gasteiger charge is -2.34. The third-order valence-corrected chi connectivity index (χ3v) is 3.64. The lowest BCUT2D eigenvalue weighted by Crippen LogP contribution is -3.00. The number of hydrogen-bond donors (Lipinski definition) is 0. The van der Waals surface area contributed by atoms with Crippen LogP contribution in [0.3, 0.4) is 0 Å². The Balaban J connectivity index is 0.00000161. The van der Waals surface area contributed by atoms with Gasteiger partial charge in [0, 0.05) is 32.7 Å². The number of hydrogen-bond acceptors (Lipinski definition) is 3. The van der Waals surface area contributed by atoms with Crippen molar-refractivity contribution < 1.29 is 21.6 Å². The maximum Gasteiger partial charge on any atom is 0.289 e. The van der Waals surface area contributed by atoms with Gasteiger partial charge in [0.15, 0.2) is 5.76 Å². The van der Waals surface area contributed by atoms with E-state index in [1.54, 1.807) is 18.4 Å². The Labute approximate surface area is 130 Å². The summed E-state index contributed by atoms with van der Waals surface area (Å²) in [5, 5.41) is 0. The van der Waals surface area contributed by atoms with Gasteiger partial charge in [-0.1, -0.05) is 30.3 Å². The normalized spacial score (nSPS) is 15.5. The zero-order chi connectivity index (χ0) is 13.8. The van der Waals surface area contributed by atoms with Crippen LogP contribution in [-0.2, 0) is 6.54 Å². The van der Waals surface area contributed by atoms with E-state index in [-0.39, 0.29) is 18.3 Å². The van der Waals surface area contributed by atoms with Crippen LogP contribution in [0.25, 0.3) is 0 Å². The molecule has 5 heteroatoms. The summed E-state index contributed by atoms with van der Waals surface area (Å²) in [6.45, 7) is 4.27. The highest BCUT2D eigenvalue weighted by molar-refractivity contribution is 5.91. The summed E-state index contributed by atoms with van der Waals surface area (Å²) >= 11 is 0. The van der Waals surface area contributed by atoms with Crippen LogP contribution in [0, 0.1) is 0 Å². The van der Waals surface area contributed by atoms with Gasteiger partial charge < -0.3 is 21.7 Å². The molecule has 0 bridgehead atoms. The van der Waals surface area contributed by atoms with Gasteiger partial charge >= 0.3 is 0 Å². The largest absolute Gasteiger partial charge is 1.00 e. The molecule has 3 rings (SSSR count). The highest BCUT2D eigenvalue weighted by atomic mass is 35.5. The molecule has 21 heavy (non-hydrogen) atoms. The van der Waals surface area contributed by atoms with Gasteiger partial charge in [-0.15, -0.1) is 0 Å². The zero-order valence-electron chi connectivity index (χ0n) is 11.7. The van der Waals surface area contributed by atoms with Crippen molar-refractivity contribution in [2.24, 2.45) is 0 Å². The van der Waals surface area contributed by atoms with Crippen LogP contribution in [0.4, 0.5) is 0 Å². The Hall–Kier alpha value is -1.78. The van der Waals surface area contributed by atoms with E-state index < -0.39 is 0 Å². The van der Waals surface area contributed by atoms with Crippen molar-refractivity contribution in [3.05, 3.63) is 60.1 Å². The highest BCUT2D eigenvalue weighted by Gasteiger charge is 2.23. The highest BCUT2D eigenvalue weighted by Crippen LogP contribution is 2.11. The summed E-state index contributed by atoms with van der Waals surface area (Å²) in [4.78, 5) is 16.4. The Bertz CT molecular complexity index is 549. The fraction of sp³-hybridized carbons (Fsp3) is 0.312. The molecule has 1 aliphatic rings. The number of furan rings is 1. The monoisotopic (exact) mass is 305 g/mol. The van der Waals surface area contributed by atoms with Crippen LogP contribution < -0.4 is 12.4 Å². The van der Waals surface area contributed by atoms with Gasteiger partial charge in [-0.2, -0.15) is 0 Å². The molecule has 0 unspecified atom stereocenters. The van der Waals surface area contributed by atoms with Gasteiger partial charge in [0.1, 0.15) is 0 Å². The van der Waals surface area contributed by atoms with E-state index in [0.717, 1.165) is 32.7 Å². The molecule has 4 nitrogen and oxygen atoms in total. The second kappa shape index (κ2) is 7.29. The minimum Gasteiger partial charge on any atom is -1.00 e. The van der Waals surface area contributed by atoms with Crippen LogP contribution in [0.1, 0.15) is 16.1 Å². The van der Waals surface area contributed by atoms with Crippen molar-refractivity contribution in [2.45, 2.75) is 6.54 Å². The van der Waals surface area contributed by atoms with Crippen LogP contribution in [0.15, 0.2) is 53.1 Å². The molecule has 1 fully saturated rings. The number of benzene rings is 1. The van der Waals surface area contributed by atoms with E-state index in [4.69, 9.17) is 4.42 Å². The average Bonchev–Trinajstić information content (AvgIpc) is 3.03. The molecule has 0 spiro atoms. The summed E-state index contributed by atoms with van der Waals surface area (Å²) < 4.78 is 5.17. The van der Waals surface area contributed by atoms with E-state index in [9.17, 15) is 4.79 Å². The Morgan fingerprint density at radius 2 is 1.71 bits per heavy atom. The van der Waals surface area contributed by atoms with Gasteiger partial charge in [0.25, 0.3) is 5.91 Å². The average molecular weight is 306 g/mol. The molecule has 112 valence electrons. The molecule has 0 aliphatic carbocycles. The van der Waals surface area contributed by atoms with Gasteiger partial charge in [-0.25, -0.2) is 0 Å². The summed E-state index contributed by atoms with van der Waals surface area (Å²) in [6.07, 6.45) is 1.54. The molecule has 0 saturated carbocycles. The lowest BCUT2D eigenvalue weighted by atomic mass is 10.2. The van der Waals surface area contributed by atoms with E-state index >= 15 is 0 Å². The number of nitrogens with zero attached hydrogens (tertiary/aromatic N) is 2. The van der Waals surface area contributed by atoms with Crippen LogP contribution in [0.5, 0.6) is 0 Å². The number of piperazine rings is 1. The molecule has 1 aromatic carbocycles. The molecular weight excluding hydrogens is 288 g/mol. The molecular formula is C16H18ClN2O2-. The van der Waals surface area contributed by atoms with Gasteiger partial charge in [0.05, 0.1) is 6.26 Å². The van der Waals surface area contributed by atoms with Gasteiger partial charge in [-0.3, -0.25) is 9.69 Å². The molecule has 1 amide bonds. The predicted molar refractivity (Wildman–Crippen MR) is 76.3 cm³/mol. The third-order valence-electron chi connectivity index (χ3n) is 3.64. The standard InChI is InChI=1S/C16H18N2O2.ClH/c19-16(15-7-4-12-20-15)18-10-8-17(9-11-18)13-14-5-2-1-3-6-14;/h1-7,12H,8-11,13H2;1H/p-1. The number of carbonyl (C=O) groups excluding carboxylic acids is 1. The topological polar surface area (TPSA) is 36.7 Å². The summed E-state index contributed by atoms with van der Waals surface area (Å²) in [7, 11) is 0. The van der Waals surface area contributed by atoms with Crippen molar-refractivity contribution in [1.82, 2.24) is 9.80 Å². The molecule has 0 atom stereocenters. The predicted octanol–water partition coefficient (Wildman–Crippen LogP) is -0.758. The van der Waals surface area contributed by atoms with E-state index in [0.29, 0.717) is 5.76 Å². The quantitative estimate of drug-likeness (QED) is 0.748. The Morgan fingerprint density at radius 3 is 2.33 bits per heavy atom. The Kier molecular flexibility index (Phi) is 5.42. The molecule has 1 saturated heterocycles. The first-order valence-electron chi connectivity index (χ1n) is 6.92. The van der Waals surface area contributed by atoms with Crippen LogP contribution in [-0.4, -0.2) is 41.9 Å². The Morgan fingerprint density at radius 1 is 1.00 bits per heavy atom. The minimum atomic E-state index is -0.00522. The maximum absolute atomic E-state index is 12.1. The first kappa shape index (κ1) is 15.6.